The first kappa shape index (κ1) is 17.0. The van der Waals surface area contributed by atoms with E-state index < -0.39 is 0 Å². The molecule has 0 saturated heterocycles. The van der Waals surface area contributed by atoms with Crippen LogP contribution in [-0.2, 0) is 6.42 Å². The first-order valence-corrected chi connectivity index (χ1v) is 8.85. The van der Waals surface area contributed by atoms with Crippen LogP contribution in [-0.4, -0.2) is 23.2 Å². The number of aromatic nitrogens is 1. The molecule has 0 unspecified atom stereocenters. The summed E-state index contributed by atoms with van der Waals surface area (Å²) in [7, 11) is 0. The summed E-state index contributed by atoms with van der Waals surface area (Å²) in [5.41, 5.74) is 5.12. The zero-order chi connectivity index (χ0) is 18.8. The minimum absolute atomic E-state index is 0.00401. The Morgan fingerprint density at radius 1 is 1.00 bits per heavy atom. The summed E-state index contributed by atoms with van der Waals surface area (Å²) in [5, 5.41) is 2.85. The number of nitrogens with one attached hydrogen (secondary N) is 1. The lowest BCUT2D eigenvalue weighted by Crippen LogP contribution is -2.16. The fourth-order valence-electron chi connectivity index (χ4n) is 3.30. The Morgan fingerprint density at radius 3 is 2.56 bits per heavy atom. The molecule has 1 aliphatic heterocycles. The van der Waals surface area contributed by atoms with Crippen molar-refractivity contribution in [1.29, 1.82) is 0 Å². The Bertz CT molecular complexity index is 1010. The van der Waals surface area contributed by atoms with Crippen LogP contribution in [0.4, 0.5) is 17.1 Å². The molecule has 5 heteroatoms. The number of Topliss-reactive ketones (excluding diaryl/α,β-unsaturated/α-hetero) is 1. The van der Waals surface area contributed by atoms with E-state index in [9.17, 15) is 9.59 Å². The van der Waals surface area contributed by atoms with Gasteiger partial charge in [-0.25, -0.2) is 0 Å². The first-order chi connectivity index (χ1) is 13.1. The molecule has 0 fully saturated rings. The van der Waals surface area contributed by atoms with E-state index in [1.54, 1.807) is 36.7 Å². The number of amides is 1. The maximum absolute atomic E-state index is 12.6. The van der Waals surface area contributed by atoms with Gasteiger partial charge in [-0.15, -0.1) is 0 Å². The lowest BCUT2D eigenvalue weighted by molar-refractivity contribution is 0.101. The molecule has 0 spiro atoms. The highest BCUT2D eigenvalue weighted by Gasteiger charge is 2.21. The van der Waals surface area contributed by atoms with Crippen LogP contribution in [0.5, 0.6) is 0 Å². The third-order valence-corrected chi connectivity index (χ3v) is 4.73. The maximum atomic E-state index is 12.6. The predicted molar refractivity (Wildman–Crippen MR) is 106 cm³/mol. The minimum Gasteiger partial charge on any atom is -0.340 e. The molecule has 27 heavy (non-hydrogen) atoms. The van der Waals surface area contributed by atoms with E-state index in [1.165, 1.54) is 12.5 Å². The van der Waals surface area contributed by atoms with Gasteiger partial charge in [-0.1, -0.05) is 18.2 Å². The Morgan fingerprint density at radius 2 is 1.78 bits per heavy atom. The Balaban J connectivity index is 1.54. The number of hydrogen-bond donors (Lipinski definition) is 1. The maximum Gasteiger partial charge on any atom is 0.257 e. The number of hydrogen-bond acceptors (Lipinski definition) is 4. The summed E-state index contributed by atoms with van der Waals surface area (Å²) in [6.45, 7) is 2.39. The summed E-state index contributed by atoms with van der Waals surface area (Å²) < 4.78 is 0. The van der Waals surface area contributed by atoms with Crippen molar-refractivity contribution in [3.8, 4) is 0 Å². The van der Waals surface area contributed by atoms with E-state index in [-0.39, 0.29) is 11.7 Å². The molecule has 5 nitrogen and oxygen atoms in total. The predicted octanol–water partition coefficient (Wildman–Crippen LogP) is 4.23. The average molecular weight is 357 g/mol. The van der Waals surface area contributed by atoms with Crippen LogP contribution in [0.3, 0.4) is 0 Å². The molecule has 1 N–H and O–H groups in total. The molecule has 0 bridgehead atoms. The summed E-state index contributed by atoms with van der Waals surface area (Å²) in [6, 6.07) is 17.0. The second-order valence-corrected chi connectivity index (χ2v) is 6.55. The summed E-state index contributed by atoms with van der Waals surface area (Å²) in [5.74, 6) is -0.233. The number of ketones is 1. The van der Waals surface area contributed by atoms with Crippen molar-refractivity contribution < 1.29 is 9.59 Å². The second kappa shape index (κ2) is 7.03. The molecule has 3 aromatic rings. The number of para-hydroxylation sites is 1. The molecule has 0 saturated carbocycles. The van der Waals surface area contributed by atoms with Crippen molar-refractivity contribution in [2.45, 2.75) is 13.3 Å². The fourth-order valence-corrected chi connectivity index (χ4v) is 3.30. The van der Waals surface area contributed by atoms with E-state index in [0.717, 1.165) is 24.3 Å². The van der Waals surface area contributed by atoms with Crippen LogP contribution in [0.15, 0.2) is 67.0 Å². The van der Waals surface area contributed by atoms with Crippen LogP contribution in [0.1, 0.15) is 33.2 Å². The second-order valence-electron chi connectivity index (χ2n) is 6.55. The lowest BCUT2D eigenvalue weighted by Gasteiger charge is -2.19. The van der Waals surface area contributed by atoms with Gasteiger partial charge >= 0.3 is 0 Å². The molecule has 0 radical (unpaired) electrons. The number of carbonyl (C=O) groups excluding carboxylic acids is 2. The average Bonchev–Trinajstić information content (AvgIpc) is 3.12. The molecular weight excluding hydrogens is 338 g/mol. The molecule has 1 aromatic heterocycles. The van der Waals surface area contributed by atoms with Gasteiger partial charge in [-0.3, -0.25) is 14.6 Å². The number of nitrogens with zero attached hydrogens (tertiary/aromatic N) is 2. The highest BCUT2D eigenvalue weighted by Crippen LogP contribution is 2.34. The van der Waals surface area contributed by atoms with Crippen LogP contribution in [0, 0.1) is 0 Å². The normalized spacial score (nSPS) is 12.6. The van der Waals surface area contributed by atoms with E-state index in [2.05, 4.69) is 27.3 Å². The molecule has 1 aliphatic rings. The minimum atomic E-state index is -0.229. The van der Waals surface area contributed by atoms with Crippen molar-refractivity contribution in [2.75, 3.05) is 16.8 Å². The topological polar surface area (TPSA) is 62.3 Å². The van der Waals surface area contributed by atoms with Crippen LogP contribution >= 0.6 is 0 Å². The van der Waals surface area contributed by atoms with Gasteiger partial charge in [-0.05, 0) is 55.3 Å². The number of rotatable bonds is 4. The zero-order valence-corrected chi connectivity index (χ0v) is 15.0. The van der Waals surface area contributed by atoms with Gasteiger partial charge in [0.1, 0.15) is 0 Å². The largest absolute Gasteiger partial charge is 0.340 e. The molecule has 1 amide bonds. The zero-order valence-electron chi connectivity index (χ0n) is 15.0. The first-order valence-electron chi connectivity index (χ1n) is 8.85. The summed E-state index contributed by atoms with van der Waals surface area (Å²) in [6.07, 6.45) is 4.32. The highest BCUT2D eigenvalue weighted by atomic mass is 16.1. The van der Waals surface area contributed by atoms with E-state index in [1.807, 2.05) is 18.2 Å². The molecule has 134 valence electrons. The van der Waals surface area contributed by atoms with Gasteiger partial charge in [0, 0.05) is 29.7 Å². The van der Waals surface area contributed by atoms with Crippen LogP contribution in [0.25, 0.3) is 0 Å². The Labute approximate surface area is 157 Å². The monoisotopic (exact) mass is 357 g/mol. The van der Waals surface area contributed by atoms with Crippen molar-refractivity contribution in [1.82, 2.24) is 4.98 Å². The molecule has 2 aromatic carbocycles. The van der Waals surface area contributed by atoms with Crippen LogP contribution < -0.4 is 10.2 Å². The summed E-state index contributed by atoms with van der Waals surface area (Å²) in [4.78, 5) is 30.4. The molecular formula is C22H19N3O2. The summed E-state index contributed by atoms with van der Waals surface area (Å²) >= 11 is 0. The molecule has 0 aliphatic carbocycles. The number of pyridine rings is 1. The third kappa shape index (κ3) is 3.44. The smallest absolute Gasteiger partial charge is 0.257 e. The van der Waals surface area contributed by atoms with Gasteiger partial charge in [0.25, 0.3) is 5.91 Å². The van der Waals surface area contributed by atoms with Crippen molar-refractivity contribution in [3.05, 3.63) is 83.7 Å². The van der Waals surface area contributed by atoms with Crippen molar-refractivity contribution in [3.63, 3.8) is 0 Å². The van der Waals surface area contributed by atoms with Gasteiger partial charge < -0.3 is 10.2 Å². The van der Waals surface area contributed by atoms with Gasteiger partial charge in [0.15, 0.2) is 5.78 Å². The van der Waals surface area contributed by atoms with Crippen molar-refractivity contribution >= 4 is 28.8 Å². The number of fused-ring (bicyclic) bond motifs is 1. The van der Waals surface area contributed by atoms with Crippen molar-refractivity contribution in [2.24, 2.45) is 0 Å². The number of benzene rings is 2. The fraction of sp³-hybridized carbons (Fsp3) is 0.136. The van der Waals surface area contributed by atoms with E-state index in [4.69, 9.17) is 0 Å². The van der Waals surface area contributed by atoms with Crippen LogP contribution in [0.2, 0.25) is 0 Å². The number of carbonyl (C=O) groups is 2. The Kier molecular flexibility index (Phi) is 4.42. The lowest BCUT2D eigenvalue weighted by atomic mass is 10.1. The van der Waals surface area contributed by atoms with E-state index in [0.29, 0.717) is 16.8 Å². The van der Waals surface area contributed by atoms with E-state index >= 15 is 0 Å². The SMILES string of the molecule is CC(=O)c1ccc(NC(=O)c2cncc(N3CCc4ccccc43)c2)cc1. The molecule has 0 atom stereocenters. The standard InChI is InChI=1S/C22H19N3O2/c1-15(26)16-6-8-19(9-7-16)24-22(27)18-12-20(14-23-13-18)25-11-10-17-4-2-3-5-21(17)25/h2-9,12-14H,10-11H2,1H3,(H,24,27). The number of anilines is 3. The quantitative estimate of drug-likeness (QED) is 0.710. The highest BCUT2D eigenvalue weighted by molar-refractivity contribution is 6.05. The van der Waals surface area contributed by atoms with Gasteiger partial charge in [0.2, 0.25) is 0 Å². The molecule has 2 heterocycles. The Hall–Kier alpha value is -3.47. The van der Waals surface area contributed by atoms with Gasteiger partial charge in [0.05, 0.1) is 17.4 Å². The third-order valence-electron chi connectivity index (χ3n) is 4.73. The molecule has 4 rings (SSSR count). The van der Waals surface area contributed by atoms with Gasteiger partial charge in [-0.2, -0.15) is 0 Å².